The molecule has 8 heteroatoms. The van der Waals surface area contributed by atoms with Crippen molar-refractivity contribution >= 4 is 21.6 Å². The van der Waals surface area contributed by atoms with Crippen LogP contribution in [0.1, 0.15) is 31.2 Å². The molecule has 2 aromatic rings. The number of para-hydroxylation sites is 1. The Kier molecular flexibility index (Phi) is 8.53. The molecular weight excluding hydrogens is 426 g/mol. The number of methoxy groups -OCH3 is 1. The molecule has 0 radical (unpaired) electrons. The van der Waals surface area contributed by atoms with Crippen LogP contribution in [0.4, 0.5) is 5.69 Å². The van der Waals surface area contributed by atoms with Crippen molar-refractivity contribution in [3.8, 4) is 5.75 Å². The zero-order chi connectivity index (χ0) is 23.0. The fraction of sp³-hybridized carbons (Fsp3) is 0.458. The molecule has 0 aromatic heterocycles. The minimum atomic E-state index is -3.50. The van der Waals surface area contributed by atoms with Crippen LogP contribution in [0.25, 0.3) is 0 Å². The van der Waals surface area contributed by atoms with Crippen LogP contribution < -0.4 is 15.0 Å². The van der Waals surface area contributed by atoms with Gasteiger partial charge >= 0.3 is 0 Å². The van der Waals surface area contributed by atoms with Crippen LogP contribution in [-0.2, 0) is 21.2 Å². The first-order valence-electron chi connectivity index (χ1n) is 11.1. The smallest absolute Gasteiger partial charge is 0.243 e. The van der Waals surface area contributed by atoms with Crippen LogP contribution in [0.15, 0.2) is 53.4 Å². The number of rotatable bonds is 11. The summed E-state index contributed by atoms with van der Waals surface area (Å²) in [7, 11) is 0.0859. The maximum absolute atomic E-state index is 12.9. The molecule has 1 aliphatic rings. The number of nitrogens with one attached hydrogen (secondary N) is 1. The largest absolute Gasteiger partial charge is 0.496 e. The molecule has 3 rings (SSSR count). The number of benzene rings is 2. The van der Waals surface area contributed by atoms with E-state index in [0.717, 1.165) is 37.1 Å². The molecule has 1 saturated heterocycles. The number of ether oxygens (including phenoxy) is 1. The molecule has 1 heterocycles. The van der Waals surface area contributed by atoms with E-state index in [9.17, 15) is 13.2 Å². The van der Waals surface area contributed by atoms with E-state index in [1.165, 1.54) is 4.31 Å². The molecular formula is C24H33N3O4S. The van der Waals surface area contributed by atoms with Gasteiger partial charge < -0.3 is 15.0 Å². The van der Waals surface area contributed by atoms with Gasteiger partial charge in [0, 0.05) is 45.3 Å². The number of nitrogens with zero attached hydrogens (tertiary/aromatic N) is 2. The minimum Gasteiger partial charge on any atom is -0.496 e. The third-order valence-electron chi connectivity index (χ3n) is 5.77. The van der Waals surface area contributed by atoms with Gasteiger partial charge in [-0.15, -0.1) is 0 Å². The zero-order valence-electron chi connectivity index (χ0n) is 18.9. The molecule has 1 aliphatic heterocycles. The van der Waals surface area contributed by atoms with Crippen LogP contribution >= 0.6 is 0 Å². The maximum Gasteiger partial charge on any atom is 0.243 e. The molecule has 1 fully saturated rings. The molecule has 0 atom stereocenters. The van der Waals surface area contributed by atoms with E-state index in [-0.39, 0.29) is 17.2 Å². The first kappa shape index (κ1) is 24.1. The molecule has 32 heavy (non-hydrogen) atoms. The monoisotopic (exact) mass is 459 g/mol. The number of amides is 1. The van der Waals surface area contributed by atoms with Crippen LogP contribution in [0.3, 0.4) is 0 Å². The van der Waals surface area contributed by atoms with E-state index < -0.39 is 10.0 Å². The topological polar surface area (TPSA) is 79.0 Å². The summed E-state index contributed by atoms with van der Waals surface area (Å²) in [5, 5.41) is 2.95. The first-order valence-corrected chi connectivity index (χ1v) is 12.6. The van der Waals surface area contributed by atoms with Crippen molar-refractivity contribution in [1.82, 2.24) is 9.62 Å². The van der Waals surface area contributed by atoms with Gasteiger partial charge in [0.05, 0.1) is 12.0 Å². The number of carbonyl (C=O) groups is 1. The standard InChI is InChI=1S/C24H33N3O4S/c1-26(21-9-4-3-5-10-21)16-8-15-25-24(28)14-11-20-19-22(12-13-23(20)31-2)32(29,30)27-17-6-7-18-27/h3-5,9-10,12-13,19H,6-8,11,14-18H2,1-2H3,(H,25,28). The summed E-state index contributed by atoms with van der Waals surface area (Å²) in [6.07, 6.45) is 3.32. The number of carbonyl (C=O) groups excluding carboxylic acids is 1. The molecule has 0 spiro atoms. The lowest BCUT2D eigenvalue weighted by atomic mass is 10.1. The molecule has 0 saturated carbocycles. The lowest BCUT2D eigenvalue weighted by Crippen LogP contribution is -2.28. The number of anilines is 1. The van der Waals surface area contributed by atoms with Gasteiger partial charge in [-0.25, -0.2) is 8.42 Å². The average molecular weight is 460 g/mol. The summed E-state index contributed by atoms with van der Waals surface area (Å²) in [4.78, 5) is 14.7. The van der Waals surface area contributed by atoms with Crippen molar-refractivity contribution in [2.45, 2.75) is 37.0 Å². The second kappa shape index (κ2) is 11.3. The minimum absolute atomic E-state index is 0.0535. The van der Waals surface area contributed by atoms with Crippen molar-refractivity contribution < 1.29 is 17.9 Å². The lowest BCUT2D eigenvalue weighted by molar-refractivity contribution is -0.121. The first-order chi connectivity index (χ1) is 15.4. The van der Waals surface area contributed by atoms with E-state index in [1.807, 2.05) is 25.2 Å². The second-order valence-electron chi connectivity index (χ2n) is 8.05. The Bertz CT molecular complexity index is 990. The van der Waals surface area contributed by atoms with Crippen LogP contribution in [0.2, 0.25) is 0 Å². The highest BCUT2D eigenvalue weighted by atomic mass is 32.2. The van der Waals surface area contributed by atoms with Gasteiger partial charge in [0.15, 0.2) is 0 Å². The summed E-state index contributed by atoms with van der Waals surface area (Å²) in [6.45, 7) is 2.56. The van der Waals surface area contributed by atoms with E-state index in [2.05, 4.69) is 22.3 Å². The van der Waals surface area contributed by atoms with E-state index >= 15 is 0 Å². The third-order valence-corrected chi connectivity index (χ3v) is 7.66. The molecule has 0 unspecified atom stereocenters. The quantitative estimate of drug-likeness (QED) is 0.523. The van der Waals surface area contributed by atoms with E-state index in [0.29, 0.717) is 31.8 Å². The Labute approximate surface area is 191 Å². The van der Waals surface area contributed by atoms with Gasteiger partial charge in [0.25, 0.3) is 0 Å². The van der Waals surface area contributed by atoms with Gasteiger partial charge in [-0.3, -0.25) is 4.79 Å². The molecule has 174 valence electrons. The Morgan fingerprint density at radius 3 is 2.53 bits per heavy atom. The van der Waals surface area contributed by atoms with Gasteiger partial charge in [0.2, 0.25) is 15.9 Å². The van der Waals surface area contributed by atoms with Crippen molar-refractivity contribution in [2.24, 2.45) is 0 Å². The Morgan fingerprint density at radius 2 is 1.84 bits per heavy atom. The molecule has 2 aromatic carbocycles. The van der Waals surface area contributed by atoms with Crippen molar-refractivity contribution in [2.75, 3.05) is 45.2 Å². The summed E-state index contributed by atoms with van der Waals surface area (Å²) in [5.74, 6) is 0.546. The Balaban J connectivity index is 1.50. The van der Waals surface area contributed by atoms with Crippen molar-refractivity contribution in [3.63, 3.8) is 0 Å². The van der Waals surface area contributed by atoms with Crippen molar-refractivity contribution in [3.05, 3.63) is 54.1 Å². The molecule has 1 N–H and O–H groups in total. The zero-order valence-corrected chi connectivity index (χ0v) is 19.7. The van der Waals surface area contributed by atoms with E-state index in [1.54, 1.807) is 25.3 Å². The number of aryl methyl sites for hydroxylation is 1. The second-order valence-corrected chi connectivity index (χ2v) is 9.98. The van der Waals surface area contributed by atoms with Gasteiger partial charge in [-0.2, -0.15) is 4.31 Å². The van der Waals surface area contributed by atoms with Crippen LogP contribution in [0.5, 0.6) is 5.75 Å². The molecule has 7 nitrogen and oxygen atoms in total. The fourth-order valence-corrected chi connectivity index (χ4v) is 5.45. The fourth-order valence-electron chi connectivity index (χ4n) is 3.88. The summed E-state index contributed by atoms with van der Waals surface area (Å²) >= 11 is 0. The van der Waals surface area contributed by atoms with Crippen LogP contribution in [-0.4, -0.2) is 59.0 Å². The number of hydrogen-bond acceptors (Lipinski definition) is 5. The number of sulfonamides is 1. The predicted octanol–water partition coefficient (Wildman–Crippen LogP) is 3.06. The number of hydrogen-bond donors (Lipinski definition) is 1. The normalized spacial score (nSPS) is 14.3. The summed E-state index contributed by atoms with van der Waals surface area (Å²) in [6, 6.07) is 15.0. The highest BCUT2D eigenvalue weighted by Crippen LogP contribution is 2.27. The average Bonchev–Trinajstić information content (AvgIpc) is 3.36. The highest BCUT2D eigenvalue weighted by Gasteiger charge is 2.27. The molecule has 1 amide bonds. The van der Waals surface area contributed by atoms with Gasteiger partial charge in [-0.05, 0) is 61.6 Å². The van der Waals surface area contributed by atoms with E-state index in [4.69, 9.17) is 4.74 Å². The Hall–Kier alpha value is -2.58. The highest BCUT2D eigenvalue weighted by molar-refractivity contribution is 7.89. The predicted molar refractivity (Wildman–Crippen MR) is 127 cm³/mol. The molecule has 0 aliphatic carbocycles. The summed E-state index contributed by atoms with van der Waals surface area (Å²) < 4.78 is 32.6. The van der Waals surface area contributed by atoms with Crippen molar-refractivity contribution in [1.29, 1.82) is 0 Å². The Morgan fingerprint density at radius 1 is 1.12 bits per heavy atom. The summed E-state index contributed by atoms with van der Waals surface area (Å²) in [5.41, 5.74) is 1.88. The van der Waals surface area contributed by atoms with Gasteiger partial charge in [0.1, 0.15) is 5.75 Å². The van der Waals surface area contributed by atoms with Crippen LogP contribution in [0, 0.1) is 0 Å². The SMILES string of the molecule is COc1ccc(S(=O)(=O)N2CCCC2)cc1CCC(=O)NCCCN(C)c1ccccc1. The van der Waals surface area contributed by atoms with Gasteiger partial charge in [-0.1, -0.05) is 18.2 Å². The molecule has 0 bridgehead atoms. The lowest BCUT2D eigenvalue weighted by Gasteiger charge is -2.19. The maximum atomic E-state index is 12.9. The third kappa shape index (κ3) is 6.23.